The van der Waals surface area contributed by atoms with E-state index in [9.17, 15) is 0 Å². The molecule has 5 aromatic carbocycles. The van der Waals surface area contributed by atoms with Crippen molar-refractivity contribution in [1.82, 2.24) is 4.98 Å². The Labute approximate surface area is 265 Å². The lowest BCUT2D eigenvalue weighted by atomic mass is 9.33. The Morgan fingerprint density at radius 1 is 0.511 bits per heavy atom. The van der Waals surface area contributed by atoms with Crippen molar-refractivity contribution in [1.29, 1.82) is 0 Å². The Kier molecular flexibility index (Phi) is 6.33. The normalized spacial score (nSPS) is 15.3. The SMILES string of the molecule is c1ccc(N2c3ccccc3B3c4cc(-c5ccncc5)ccc4N(c4ccccc4)c4cc(C5CCCCC5)cc2c43)cc1. The smallest absolute Gasteiger partial charge is 0.252 e. The van der Waals surface area contributed by atoms with Crippen molar-refractivity contribution >= 4 is 57.2 Å². The first-order valence-corrected chi connectivity index (χ1v) is 16.4. The van der Waals surface area contributed by atoms with Crippen LogP contribution in [0.2, 0.25) is 0 Å². The minimum atomic E-state index is 0.114. The van der Waals surface area contributed by atoms with Crippen LogP contribution < -0.4 is 26.2 Å². The van der Waals surface area contributed by atoms with Crippen molar-refractivity contribution in [2.24, 2.45) is 0 Å². The Balaban J connectivity index is 1.37. The van der Waals surface area contributed by atoms with Crippen molar-refractivity contribution in [3.05, 3.63) is 145 Å². The largest absolute Gasteiger partial charge is 0.311 e. The number of rotatable bonds is 4. The second-order valence-electron chi connectivity index (χ2n) is 12.7. The van der Waals surface area contributed by atoms with Crippen LogP contribution in [-0.2, 0) is 0 Å². The van der Waals surface area contributed by atoms with Crippen molar-refractivity contribution in [3.63, 3.8) is 0 Å². The van der Waals surface area contributed by atoms with Gasteiger partial charge in [0.15, 0.2) is 0 Å². The predicted molar refractivity (Wildman–Crippen MR) is 190 cm³/mol. The standard InChI is InChI=1S/C41H34BN3/c1-4-12-29(13-5-1)32-27-39-41-40(28-32)45(34-16-8-3-9-17-34)38-21-20-31(30-22-24-43-25-23-30)26-36(38)42(41)35-18-10-11-19-37(35)44(39)33-14-6-2-7-15-33/h2-3,6-11,14-29H,1,4-5,12-13H2. The van der Waals surface area contributed by atoms with Gasteiger partial charge in [0.1, 0.15) is 0 Å². The number of hydrogen-bond donors (Lipinski definition) is 0. The molecule has 0 N–H and O–H groups in total. The minimum Gasteiger partial charge on any atom is -0.311 e. The van der Waals surface area contributed by atoms with Gasteiger partial charge in [-0.2, -0.15) is 0 Å². The monoisotopic (exact) mass is 579 g/mol. The van der Waals surface area contributed by atoms with Crippen LogP contribution in [0.5, 0.6) is 0 Å². The van der Waals surface area contributed by atoms with Crippen LogP contribution in [0.4, 0.5) is 34.1 Å². The van der Waals surface area contributed by atoms with E-state index in [1.165, 1.54) is 99.3 Å². The van der Waals surface area contributed by atoms with Crippen molar-refractivity contribution in [2.75, 3.05) is 9.80 Å². The molecule has 2 aliphatic heterocycles. The molecular formula is C41H34BN3. The van der Waals surface area contributed by atoms with Crippen LogP contribution in [0.25, 0.3) is 11.1 Å². The van der Waals surface area contributed by atoms with Gasteiger partial charge < -0.3 is 9.80 Å². The van der Waals surface area contributed by atoms with Gasteiger partial charge in [-0.05, 0) is 113 Å². The fourth-order valence-electron chi connectivity index (χ4n) is 8.08. The average molecular weight is 580 g/mol. The first-order chi connectivity index (χ1) is 22.3. The van der Waals surface area contributed by atoms with Gasteiger partial charge in [0.2, 0.25) is 0 Å². The van der Waals surface area contributed by atoms with E-state index < -0.39 is 0 Å². The minimum absolute atomic E-state index is 0.114. The molecule has 6 aromatic rings. The highest BCUT2D eigenvalue weighted by molar-refractivity contribution is 7.00. The van der Waals surface area contributed by atoms with Crippen LogP contribution in [0.15, 0.2) is 140 Å². The van der Waals surface area contributed by atoms with E-state index in [1.54, 1.807) is 0 Å². The Morgan fingerprint density at radius 2 is 1.11 bits per heavy atom. The van der Waals surface area contributed by atoms with Crippen molar-refractivity contribution in [3.8, 4) is 11.1 Å². The maximum absolute atomic E-state index is 4.29. The quantitative estimate of drug-likeness (QED) is 0.194. The number of benzene rings is 5. The first-order valence-electron chi connectivity index (χ1n) is 16.4. The number of para-hydroxylation sites is 3. The molecule has 0 atom stereocenters. The van der Waals surface area contributed by atoms with E-state index >= 15 is 0 Å². The molecule has 3 aliphatic rings. The number of fused-ring (bicyclic) bond motifs is 4. The molecule has 0 radical (unpaired) electrons. The van der Waals surface area contributed by atoms with Crippen molar-refractivity contribution < 1.29 is 0 Å². The van der Waals surface area contributed by atoms with Crippen LogP contribution in [0, 0.1) is 0 Å². The fraction of sp³-hybridized carbons (Fsp3) is 0.146. The van der Waals surface area contributed by atoms with Crippen LogP contribution >= 0.6 is 0 Å². The lowest BCUT2D eigenvalue weighted by Gasteiger charge is -2.45. The van der Waals surface area contributed by atoms with E-state index in [2.05, 4.69) is 142 Å². The topological polar surface area (TPSA) is 19.4 Å². The summed E-state index contributed by atoms with van der Waals surface area (Å²) >= 11 is 0. The van der Waals surface area contributed by atoms with Gasteiger partial charge in [0.05, 0.1) is 0 Å². The van der Waals surface area contributed by atoms with Gasteiger partial charge >= 0.3 is 0 Å². The molecule has 0 unspecified atom stereocenters. The molecule has 1 aromatic heterocycles. The Bertz CT molecular complexity index is 1990. The summed E-state index contributed by atoms with van der Waals surface area (Å²) in [6, 6.07) is 47.3. The molecule has 3 heterocycles. The Morgan fingerprint density at radius 3 is 1.78 bits per heavy atom. The number of nitrogens with zero attached hydrogens (tertiary/aromatic N) is 3. The zero-order valence-electron chi connectivity index (χ0n) is 25.3. The first kappa shape index (κ1) is 26.3. The second kappa shape index (κ2) is 10.8. The molecule has 0 amide bonds. The third kappa shape index (κ3) is 4.31. The molecular weight excluding hydrogens is 545 g/mol. The highest BCUT2D eigenvalue weighted by Gasteiger charge is 2.43. The lowest BCUT2D eigenvalue weighted by molar-refractivity contribution is 0.444. The van der Waals surface area contributed by atoms with Gasteiger partial charge in [0.25, 0.3) is 6.71 Å². The molecule has 45 heavy (non-hydrogen) atoms. The Hall–Kier alpha value is -5.09. The number of anilines is 6. The summed E-state index contributed by atoms with van der Waals surface area (Å²) in [4.78, 5) is 9.35. The molecule has 1 saturated carbocycles. The molecule has 1 fully saturated rings. The average Bonchev–Trinajstić information content (AvgIpc) is 3.12. The number of hydrogen-bond acceptors (Lipinski definition) is 3. The molecule has 9 rings (SSSR count). The third-order valence-corrected chi connectivity index (χ3v) is 10.1. The highest BCUT2D eigenvalue weighted by Crippen LogP contribution is 2.46. The van der Waals surface area contributed by atoms with Crippen LogP contribution in [0.3, 0.4) is 0 Å². The van der Waals surface area contributed by atoms with Crippen LogP contribution in [0.1, 0.15) is 43.6 Å². The summed E-state index contributed by atoms with van der Waals surface area (Å²) in [5.41, 5.74) is 15.5. The molecule has 216 valence electrons. The van der Waals surface area contributed by atoms with Gasteiger partial charge in [0, 0.05) is 46.5 Å². The van der Waals surface area contributed by atoms with Crippen LogP contribution in [-0.4, -0.2) is 11.7 Å². The molecule has 0 bridgehead atoms. The summed E-state index contributed by atoms with van der Waals surface area (Å²) in [6.45, 7) is 0.114. The molecule has 3 nitrogen and oxygen atoms in total. The van der Waals surface area contributed by atoms with Gasteiger partial charge in [-0.3, -0.25) is 4.98 Å². The maximum atomic E-state index is 4.29. The van der Waals surface area contributed by atoms with E-state index in [0.717, 1.165) is 0 Å². The second-order valence-corrected chi connectivity index (χ2v) is 12.7. The van der Waals surface area contributed by atoms with E-state index in [4.69, 9.17) is 0 Å². The highest BCUT2D eigenvalue weighted by atomic mass is 15.2. The van der Waals surface area contributed by atoms with E-state index in [1.807, 2.05) is 12.4 Å². The van der Waals surface area contributed by atoms with Crippen molar-refractivity contribution in [2.45, 2.75) is 38.0 Å². The third-order valence-electron chi connectivity index (χ3n) is 10.1. The summed E-state index contributed by atoms with van der Waals surface area (Å²) in [6.07, 6.45) is 10.3. The summed E-state index contributed by atoms with van der Waals surface area (Å²) in [5, 5.41) is 0. The van der Waals surface area contributed by atoms with Gasteiger partial charge in [-0.15, -0.1) is 0 Å². The fourth-order valence-corrected chi connectivity index (χ4v) is 8.08. The van der Waals surface area contributed by atoms with Gasteiger partial charge in [-0.25, -0.2) is 0 Å². The molecule has 4 heteroatoms. The molecule has 1 aliphatic carbocycles. The summed E-state index contributed by atoms with van der Waals surface area (Å²) in [7, 11) is 0. The lowest BCUT2D eigenvalue weighted by Crippen LogP contribution is -2.61. The summed E-state index contributed by atoms with van der Waals surface area (Å²) < 4.78 is 0. The van der Waals surface area contributed by atoms with Gasteiger partial charge in [-0.1, -0.05) is 86.0 Å². The predicted octanol–water partition coefficient (Wildman–Crippen LogP) is 8.88. The number of aromatic nitrogens is 1. The molecule has 0 saturated heterocycles. The molecule has 0 spiro atoms. The zero-order chi connectivity index (χ0) is 29.7. The number of pyridine rings is 1. The zero-order valence-corrected chi connectivity index (χ0v) is 25.3. The van der Waals surface area contributed by atoms with E-state index in [0.29, 0.717) is 5.92 Å². The maximum Gasteiger partial charge on any atom is 0.252 e. The summed E-state index contributed by atoms with van der Waals surface area (Å²) in [5.74, 6) is 0.585. The van der Waals surface area contributed by atoms with E-state index in [-0.39, 0.29) is 6.71 Å².